The number of ether oxygens (including phenoxy) is 1. The molecule has 1 aromatic heterocycles. The highest BCUT2D eigenvalue weighted by atomic mass is 32.2. The predicted octanol–water partition coefficient (Wildman–Crippen LogP) is 3.80. The summed E-state index contributed by atoms with van der Waals surface area (Å²) in [5, 5.41) is 18.4. The molecule has 2 aromatic carbocycles. The summed E-state index contributed by atoms with van der Waals surface area (Å²) in [7, 11) is -3.83. The second-order valence-corrected chi connectivity index (χ2v) is 13.2. The first-order valence-electron chi connectivity index (χ1n) is 12.6. The summed E-state index contributed by atoms with van der Waals surface area (Å²) < 4.78 is 31.4. The van der Waals surface area contributed by atoms with Gasteiger partial charge in [0.15, 0.2) is 9.84 Å². The van der Waals surface area contributed by atoms with Crippen LogP contribution in [0.4, 0.5) is 4.79 Å². The standard InChI is InChI=1S/C28H35N3O6S2/c1-28(2,3)37-27(34)31-23(19-39(35,36)18-21-12-8-5-9-13-21)25(33)30-22(24(32)26-29-16-17-38-26)15-14-20-10-6-4-7-11-20/h4-13,16-17,22-24,32H,14-15,18-19H2,1-3H3,(H,30,33)(H,31,34). The van der Waals surface area contributed by atoms with Crippen LogP contribution in [0.5, 0.6) is 0 Å². The molecule has 0 aliphatic carbocycles. The number of nitrogens with one attached hydrogen (secondary N) is 2. The third-order valence-corrected chi connectivity index (χ3v) is 8.12. The minimum absolute atomic E-state index is 0.299. The molecule has 0 saturated heterocycles. The molecule has 9 nitrogen and oxygen atoms in total. The van der Waals surface area contributed by atoms with Crippen molar-refractivity contribution in [1.29, 1.82) is 0 Å². The number of amides is 2. The average Bonchev–Trinajstić information content (AvgIpc) is 3.40. The number of alkyl carbamates (subject to hydrolysis) is 1. The number of carbonyl (C=O) groups is 2. The third kappa shape index (κ3) is 10.4. The van der Waals surface area contributed by atoms with Crippen molar-refractivity contribution in [2.75, 3.05) is 5.75 Å². The Morgan fingerprint density at radius 1 is 1.00 bits per heavy atom. The maximum Gasteiger partial charge on any atom is 0.408 e. The van der Waals surface area contributed by atoms with Crippen molar-refractivity contribution in [3.05, 3.63) is 88.4 Å². The lowest BCUT2D eigenvalue weighted by molar-refractivity contribution is -0.124. The fraction of sp³-hybridized carbons (Fsp3) is 0.393. The number of benzene rings is 2. The smallest absolute Gasteiger partial charge is 0.408 e. The van der Waals surface area contributed by atoms with Crippen LogP contribution in [0, 0.1) is 0 Å². The molecule has 0 saturated carbocycles. The highest BCUT2D eigenvalue weighted by Gasteiger charge is 2.33. The quantitative estimate of drug-likeness (QED) is 0.300. The Morgan fingerprint density at radius 3 is 2.18 bits per heavy atom. The molecular weight excluding hydrogens is 538 g/mol. The van der Waals surface area contributed by atoms with E-state index in [4.69, 9.17) is 4.74 Å². The van der Waals surface area contributed by atoms with Gasteiger partial charge >= 0.3 is 6.09 Å². The van der Waals surface area contributed by atoms with E-state index in [9.17, 15) is 23.1 Å². The lowest BCUT2D eigenvalue weighted by Gasteiger charge is -2.27. The summed E-state index contributed by atoms with van der Waals surface area (Å²) in [5.41, 5.74) is 0.721. The molecule has 11 heteroatoms. The lowest BCUT2D eigenvalue weighted by atomic mass is 10.0. The lowest BCUT2D eigenvalue weighted by Crippen LogP contribution is -2.54. The number of hydrogen-bond donors (Lipinski definition) is 3. The Labute approximate surface area is 233 Å². The highest BCUT2D eigenvalue weighted by molar-refractivity contribution is 7.90. The molecule has 0 radical (unpaired) electrons. The number of sulfone groups is 1. The van der Waals surface area contributed by atoms with Crippen molar-refractivity contribution in [3.63, 3.8) is 0 Å². The van der Waals surface area contributed by atoms with Gasteiger partial charge in [0.05, 0.1) is 17.5 Å². The van der Waals surface area contributed by atoms with Gasteiger partial charge in [0.2, 0.25) is 5.91 Å². The van der Waals surface area contributed by atoms with Gasteiger partial charge in [0.1, 0.15) is 22.8 Å². The van der Waals surface area contributed by atoms with E-state index in [1.807, 2.05) is 30.3 Å². The molecule has 0 spiro atoms. The van der Waals surface area contributed by atoms with E-state index in [2.05, 4.69) is 15.6 Å². The van der Waals surface area contributed by atoms with Crippen LogP contribution < -0.4 is 10.6 Å². The number of aromatic nitrogens is 1. The van der Waals surface area contributed by atoms with Crippen LogP contribution in [0.15, 0.2) is 72.2 Å². The van der Waals surface area contributed by atoms with Crippen LogP contribution in [-0.4, -0.2) is 53.9 Å². The van der Waals surface area contributed by atoms with Gasteiger partial charge < -0.3 is 20.5 Å². The maximum absolute atomic E-state index is 13.5. The molecule has 0 aliphatic rings. The van der Waals surface area contributed by atoms with Crippen molar-refractivity contribution < 1.29 is 27.9 Å². The molecule has 0 bridgehead atoms. The van der Waals surface area contributed by atoms with E-state index in [0.717, 1.165) is 5.56 Å². The zero-order valence-corrected chi connectivity index (χ0v) is 23.9. The molecule has 39 heavy (non-hydrogen) atoms. The number of aryl methyl sites for hydroxylation is 1. The van der Waals surface area contributed by atoms with Gasteiger partial charge in [0.25, 0.3) is 0 Å². The molecule has 2 amide bonds. The van der Waals surface area contributed by atoms with Crippen LogP contribution in [-0.2, 0) is 31.5 Å². The summed E-state index contributed by atoms with van der Waals surface area (Å²) in [6.45, 7) is 4.99. The number of hydrogen-bond acceptors (Lipinski definition) is 8. The highest BCUT2D eigenvalue weighted by Crippen LogP contribution is 2.23. The molecular formula is C28H35N3O6S2. The Kier molecular flexibility index (Phi) is 10.6. The van der Waals surface area contributed by atoms with Gasteiger partial charge in [-0.25, -0.2) is 18.2 Å². The molecule has 3 rings (SSSR count). The van der Waals surface area contributed by atoms with Gasteiger partial charge in [-0.05, 0) is 44.7 Å². The second-order valence-electron chi connectivity index (χ2n) is 10.2. The maximum atomic E-state index is 13.5. The first kappa shape index (κ1) is 30.3. The van der Waals surface area contributed by atoms with E-state index >= 15 is 0 Å². The van der Waals surface area contributed by atoms with Gasteiger partial charge in [-0.1, -0.05) is 60.7 Å². The molecule has 0 fully saturated rings. The zero-order valence-electron chi connectivity index (χ0n) is 22.2. The molecule has 3 aromatic rings. The zero-order chi connectivity index (χ0) is 28.5. The number of carbonyl (C=O) groups excluding carboxylic acids is 2. The molecule has 3 atom stereocenters. The molecule has 3 N–H and O–H groups in total. The molecule has 0 aliphatic heterocycles. The number of thiazole rings is 1. The topological polar surface area (TPSA) is 135 Å². The number of nitrogens with zero attached hydrogens (tertiary/aromatic N) is 1. The van der Waals surface area contributed by atoms with Crippen molar-refractivity contribution in [3.8, 4) is 0 Å². The van der Waals surface area contributed by atoms with Crippen molar-refractivity contribution >= 4 is 33.2 Å². The summed E-state index contributed by atoms with van der Waals surface area (Å²) in [6, 6.07) is 15.9. The normalized spacial score (nSPS) is 14.2. The summed E-state index contributed by atoms with van der Waals surface area (Å²) in [6.07, 6.45) is 0.416. The van der Waals surface area contributed by atoms with Crippen LogP contribution >= 0.6 is 11.3 Å². The van der Waals surface area contributed by atoms with E-state index in [1.165, 1.54) is 11.3 Å². The van der Waals surface area contributed by atoms with Gasteiger partial charge in [-0.3, -0.25) is 4.79 Å². The van der Waals surface area contributed by atoms with Crippen LogP contribution in [0.2, 0.25) is 0 Å². The minimum atomic E-state index is -3.83. The fourth-order valence-electron chi connectivity index (χ4n) is 3.89. The van der Waals surface area contributed by atoms with E-state index in [1.54, 1.807) is 62.7 Å². The van der Waals surface area contributed by atoms with Crippen LogP contribution in [0.25, 0.3) is 0 Å². The average molecular weight is 574 g/mol. The van der Waals surface area contributed by atoms with Gasteiger partial charge in [-0.15, -0.1) is 11.3 Å². The Hall–Kier alpha value is -3.28. The van der Waals surface area contributed by atoms with Crippen molar-refractivity contribution in [1.82, 2.24) is 15.6 Å². The Morgan fingerprint density at radius 2 is 1.62 bits per heavy atom. The third-order valence-electron chi connectivity index (χ3n) is 5.66. The SMILES string of the molecule is CC(C)(C)OC(=O)NC(CS(=O)(=O)Cc1ccccc1)C(=O)NC(CCc1ccccc1)C(O)c1nccs1. The van der Waals surface area contributed by atoms with Gasteiger partial charge in [-0.2, -0.15) is 0 Å². The van der Waals surface area contributed by atoms with Crippen molar-refractivity contribution in [2.24, 2.45) is 0 Å². The fourth-order valence-corrected chi connectivity index (χ4v) is 6.13. The van der Waals surface area contributed by atoms with E-state index in [0.29, 0.717) is 23.4 Å². The number of aliphatic hydroxyl groups is 1. The van der Waals surface area contributed by atoms with E-state index in [-0.39, 0.29) is 5.75 Å². The first-order chi connectivity index (χ1) is 18.4. The molecule has 1 heterocycles. The van der Waals surface area contributed by atoms with Crippen LogP contribution in [0.3, 0.4) is 0 Å². The Bertz CT molecular complexity index is 1290. The summed E-state index contributed by atoms with van der Waals surface area (Å²) in [5.74, 6) is -1.69. The first-order valence-corrected chi connectivity index (χ1v) is 15.3. The Balaban J connectivity index is 1.81. The van der Waals surface area contributed by atoms with Crippen LogP contribution in [0.1, 0.15) is 49.4 Å². The predicted molar refractivity (Wildman–Crippen MR) is 151 cm³/mol. The largest absolute Gasteiger partial charge is 0.444 e. The molecule has 3 unspecified atom stereocenters. The monoisotopic (exact) mass is 573 g/mol. The second kappa shape index (κ2) is 13.7. The number of aliphatic hydroxyl groups excluding tert-OH is 1. The van der Waals surface area contributed by atoms with Gasteiger partial charge in [0, 0.05) is 11.6 Å². The van der Waals surface area contributed by atoms with Crippen molar-refractivity contribution in [2.45, 2.75) is 63.2 Å². The summed E-state index contributed by atoms with van der Waals surface area (Å²) >= 11 is 1.25. The summed E-state index contributed by atoms with van der Waals surface area (Å²) in [4.78, 5) is 30.2. The minimum Gasteiger partial charge on any atom is -0.444 e. The molecule has 210 valence electrons. The number of rotatable bonds is 12. The van der Waals surface area contributed by atoms with E-state index < -0.39 is 51.4 Å².